The van der Waals surface area contributed by atoms with E-state index in [4.69, 9.17) is 4.42 Å². The zero-order valence-electron chi connectivity index (χ0n) is 11.7. The Morgan fingerprint density at radius 3 is 2.60 bits per heavy atom. The minimum atomic E-state index is -0.00421. The Labute approximate surface area is 117 Å². The Balaban J connectivity index is 2.23. The number of carbonyl (C=O) groups is 1. The Hall–Kier alpha value is -2.42. The Morgan fingerprint density at radius 2 is 1.90 bits per heavy atom. The lowest BCUT2D eigenvalue weighted by atomic mass is 9.96. The SMILES string of the molecule is Cc1oc(C)c(C(=O)c2cccc3ccncc23)c1C. The number of ketones is 1. The van der Waals surface area contributed by atoms with Crippen molar-refractivity contribution >= 4 is 16.6 Å². The summed E-state index contributed by atoms with van der Waals surface area (Å²) in [6.45, 7) is 5.63. The van der Waals surface area contributed by atoms with Gasteiger partial charge in [-0.2, -0.15) is 0 Å². The number of hydrogen-bond acceptors (Lipinski definition) is 3. The standard InChI is InChI=1S/C17H15NO2/c1-10-11(2)20-12(3)16(10)17(19)14-6-4-5-13-7-8-18-9-15(13)14/h4-9H,1-3H3. The maximum atomic E-state index is 12.8. The summed E-state index contributed by atoms with van der Waals surface area (Å²) >= 11 is 0. The van der Waals surface area contributed by atoms with Gasteiger partial charge in [0, 0.05) is 28.9 Å². The molecule has 20 heavy (non-hydrogen) atoms. The summed E-state index contributed by atoms with van der Waals surface area (Å²) in [5, 5.41) is 1.89. The van der Waals surface area contributed by atoms with E-state index in [1.54, 1.807) is 12.4 Å². The predicted octanol–water partition coefficient (Wildman–Crippen LogP) is 3.98. The van der Waals surface area contributed by atoms with Crippen molar-refractivity contribution < 1.29 is 9.21 Å². The van der Waals surface area contributed by atoms with Crippen LogP contribution in [0.4, 0.5) is 0 Å². The molecule has 2 heterocycles. The van der Waals surface area contributed by atoms with E-state index in [0.29, 0.717) is 16.9 Å². The lowest BCUT2D eigenvalue weighted by Gasteiger charge is -2.05. The second kappa shape index (κ2) is 4.60. The van der Waals surface area contributed by atoms with Gasteiger partial charge in [-0.05, 0) is 32.2 Å². The van der Waals surface area contributed by atoms with Crippen molar-refractivity contribution in [2.24, 2.45) is 0 Å². The lowest BCUT2D eigenvalue weighted by molar-refractivity contribution is 0.103. The smallest absolute Gasteiger partial charge is 0.197 e. The number of aryl methyl sites for hydroxylation is 2. The predicted molar refractivity (Wildman–Crippen MR) is 78.1 cm³/mol. The van der Waals surface area contributed by atoms with E-state index >= 15 is 0 Å². The van der Waals surface area contributed by atoms with Gasteiger partial charge in [-0.1, -0.05) is 18.2 Å². The number of fused-ring (bicyclic) bond motifs is 1. The molecule has 3 rings (SSSR count). The van der Waals surface area contributed by atoms with E-state index in [9.17, 15) is 4.79 Å². The number of carbonyl (C=O) groups excluding carboxylic acids is 1. The number of pyridine rings is 1. The molecular formula is C17H15NO2. The fourth-order valence-electron chi connectivity index (χ4n) is 2.57. The van der Waals surface area contributed by atoms with E-state index in [1.807, 2.05) is 45.0 Å². The third-order valence-corrected chi connectivity index (χ3v) is 3.72. The number of aromatic nitrogens is 1. The molecule has 0 unspecified atom stereocenters. The van der Waals surface area contributed by atoms with Crippen LogP contribution in [0.5, 0.6) is 0 Å². The van der Waals surface area contributed by atoms with Crippen LogP contribution in [0.15, 0.2) is 41.1 Å². The molecule has 2 aromatic heterocycles. The van der Waals surface area contributed by atoms with Gasteiger partial charge in [0.15, 0.2) is 5.78 Å². The summed E-state index contributed by atoms with van der Waals surface area (Å²) in [7, 11) is 0. The molecule has 0 amide bonds. The molecular weight excluding hydrogens is 250 g/mol. The molecule has 100 valence electrons. The first-order valence-electron chi connectivity index (χ1n) is 6.53. The molecule has 0 aliphatic rings. The summed E-state index contributed by atoms with van der Waals surface area (Å²) in [5.41, 5.74) is 2.25. The topological polar surface area (TPSA) is 43.1 Å². The molecule has 0 bridgehead atoms. The fraction of sp³-hybridized carbons (Fsp3) is 0.176. The van der Waals surface area contributed by atoms with Gasteiger partial charge in [0.05, 0.1) is 5.56 Å². The molecule has 0 aliphatic heterocycles. The molecule has 0 saturated carbocycles. The van der Waals surface area contributed by atoms with Crippen molar-refractivity contribution in [2.45, 2.75) is 20.8 Å². The van der Waals surface area contributed by atoms with Crippen molar-refractivity contribution in [1.29, 1.82) is 0 Å². The van der Waals surface area contributed by atoms with Crippen LogP contribution < -0.4 is 0 Å². The average molecular weight is 265 g/mol. The van der Waals surface area contributed by atoms with Crippen molar-refractivity contribution in [3.8, 4) is 0 Å². The highest BCUT2D eigenvalue weighted by Gasteiger charge is 2.21. The van der Waals surface area contributed by atoms with E-state index in [-0.39, 0.29) is 5.78 Å². The van der Waals surface area contributed by atoms with E-state index in [1.165, 1.54) is 0 Å². The number of furan rings is 1. The summed E-state index contributed by atoms with van der Waals surface area (Å²) in [6, 6.07) is 7.63. The normalized spacial score (nSPS) is 10.9. The Bertz CT molecular complexity index is 810. The van der Waals surface area contributed by atoms with Crippen LogP contribution in [0.1, 0.15) is 33.0 Å². The third kappa shape index (κ3) is 1.83. The molecule has 1 aromatic carbocycles. The van der Waals surface area contributed by atoms with Crippen molar-refractivity contribution in [1.82, 2.24) is 4.98 Å². The summed E-state index contributed by atoms with van der Waals surface area (Å²) in [6.07, 6.45) is 3.47. The second-order valence-corrected chi connectivity index (χ2v) is 4.95. The highest BCUT2D eigenvalue weighted by Crippen LogP contribution is 2.26. The van der Waals surface area contributed by atoms with Gasteiger partial charge in [0.2, 0.25) is 0 Å². The van der Waals surface area contributed by atoms with Crippen LogP contribution in [0, 0.1) is 20.8 Å². The maximum Gasteiger partial charge on any atom is 0.197 e. The zero-order valence-corrected chi connectivity index (χ0v) is 11.7. The highest BCUT2D eigenvalue weighted by molar-refractivity contribution is 6.17. The van der Waals surface area contributed by atoms with Gasteiger partial charge in [-0.25, -0.2) is 0 Å². The Kier molecular flexibility index (Phi) is 2.90. The van der Waals surface area contributed by atoms with Crippen molar-refractivity contribution in [3.63, 3.8) is 0 Å². The molecule has 0 saturated heterocycles. The third-order valence-electron chi connectivity index (χ3n) is 3.72. The molecule has 3 aromatic rings. The number of benzene rings is 1. The second-order valence-electron chi connectivity index (χ2n) is 4.95. The van der Waals surface area contributed by atoms with E-state index < -0.39 is 0 Å². The number of hydrogen-bond donors (Lipinski definition) is 0. The van der Waals surface area contributed by atoms with Crippen molar-refractivity contribution in [3.05, 3.63) is 64.9 Å². The minimum Gasteiger partial charge on any atom is -0.466 e. The van der Waals surface area contributed by atoms with Gasteiger partial charge >= 0.3 is 0 Å². The first kappa shape index (κ1) is 12.6. The number of nitrogens with zero attached hydrogens (tertiary/aromatic N) is 1. The molecule has 0 aliphatic carbocycles. The highest BCUT2D eigenvalue weighted by atomic mass is 16.3. The van der Waals surface area contributed by atoms with E-state index in [0.717, 1.165) is 22.1 Å². The summed E-state index contributed by atoms with van der Waals surface area (Å²) < 4.78 is 5.56. The minimum absolute atomic E-state index is 0.00421. The molecule has 0 fully saturated rings. The molecule has 3 heteroatoms. The molecule has 0 N–H and O–H groups in total. The van der Waals surface area contributed by atoms with Gasteiger partial charge in [0.1, 0.15) is 11.5 Å². The quantitative estimate of drug-likeness (QED) is 0.658. The molecule has 3 nitrogen and oxygen atoms in total. The van der Waals surface area contributed by atoms with Gasteiger partial charge in [-0.15, -0.1) is 0 Å². The van der Waals surface area contributed by atoms with Crippen LogP contribution in [0.3, 0.4) is 0 Å². The lowest BCUT2D eigenvalue weighted by Crippen LogP contribution is -2.04. The molecule has 0 spiro atoms. The first-order valence-corrected chi connectivity index (χ1v) is 6.53. The van der Waals surface area contributed by atoms with Crippen LogP contribution in [-0.4, -0.2) is 10.8 Å². The first-order chi connectivity index (χ1) is 9.59. The van der Waals surface area contributed by atoms with Gasteiger partial charge in [-0.3, -0.25) is 9.78 Å². The summed E-state index contributed by atoms with van der Waals surface area (Å²) in [4.78, 5) is 17.0. The largest absolute Gasteiger partial charge is 0.466 e. The average Bonchev–Trinajstić information content (AvgIpc) is 2.71. The van der Waals surface area contributed by atoms with Crippen molar-refractivity contribution in [2.75, 3.05) is 0 Å². The van der Waals surface area contributed by atoms with Crippen LogP contribution >= 0.6 is 0 Å². The molecule has 0 radical (unpaired) electrons. The molecule has 0 atom stereocenters. The number of rotatable bonds is 2. The van der Waals surface area contributed by atoms with Gasteiger partial charge < -0.3 is 4.42 Å². The van der Waals surface area contributed by atoms with Gasteiger partial charge in [0.25, 0.3) is 0 Å². The van der Waals surface area contributed by atoms with Crippen LogP contribution in [-0.2, 0) is 0 Å². The Morgan fingerprint density at radius 1 is 1.10 bits per heavy atom. The van der Waals surface area contributed by atoms with E-state index in [2.05, 4.69) is 4.98 Å². The zero-order chi connectivity index (χ0) is 14.3. The van der Waals surface area contributed by atoms with Crippen LogP contribution in [0.2, 0.25) is 0 Å². The maximum absolute atomic E-state index is 12.8. The fourth-order valence-corrected chi connectivity index (χ4v) is 2.57. The van der Waals surface area contributed by atoms with Crippen LogP contribution in [0.25, 0.3) is 10.8 Å². The monoisotopic (exact) mass is 265 g/mol. The summed E-state index contributed by atoms with van der Waals surface area (Å²) in [5.74, 6) is 1.46.